The Morgan fingerprint density at radius 1 is 1.05 bits per heavy atom. The fraction of sp³-hybridized carbons (Fsp3) is 0.467. The zero-order valence-electron chi connectivity index (χ0n) is 24.0. The molecule has 7 nitrogen and oxygen atoms in total. The van der Waals surface area contributed by atoms with Crippen molar-refractivity contribution in [2.45, 2.75) is 55.4 Å². The largest absolute Gasteiger partial charge is 0.479 e. The number of rotatable bonds is 8. The van der Waals surface area contributed by atoms with Crippen LogP contribution in [0.2, 0.25) is 0 Å². The third kappa shape index (κ3) is 7.68. The lowest BCUT2D eigenvalue weighted by atomic mass is 9.90. The number of benzene rings is 2. The summed E-state index contributed by atoms with van der Waals surface area (Å²) in [5, 5.41) is 4.27. The number of hydrogen-bond donors (Lipinski definition) is 1. The van der Waals surface area contributed by atoms with Gasteiger partial charge in [0, 0.05) is 43.5 Å². The van der Waals surface area contributed by atoms with Crippen LogP contribution in [0.4, 0.5) is 24.5 Å². The van der Waals surface area contributed by atoms with E-state index in [2.05, 4.69) is 36.2 Å². The number of hydrogen-bond acceptors (Lipinski definition) is 6. The molecule has 41 heavy (non-hydrogen) atoms. The molecule has 0 aliphatic heterocycles. The minimum Gasteiger partial charge on any atom is -0.479 e. The number of anilines is 2. The first-order valence-electron chi connectivity index (χ1n) is 13.5. The molecule has 1 aliphatic rings. The zero-order valence-corrected chi connectivity index (χ0v) is 24.9. The molecule has 1 N–H and O–H groups in total. The van der Waals surface area contributed by atoms with E-state index < -0.39 is 22.6 Å². The molecule has 0 unspecified atom stereocenters. The second-order valence-corrected chi connectivity index (χ2v) is 13.0. The smallest absolute Gasteiger partial charge is 0.406 e. The van der Waals surface area contributed by atoms with Crippen LogP contribution in [0.25, 0.3) is 10.9 Å². The first-order valence-corrected chi connectivity index (χ1v) is 15.4. The molecule has 1 aromatic heterocycles. The van der Waals surface area contributed by atoms with E-state index in [1.807, 2.05) is 6.07 Å². The molecule has 1 saturated carbocycles. The summed E-state index contributed by atoms with van der Waals surface area (Å²) >= 11 is 0. The molecule has 1 aliphatic carbocycles. The zero-order chi connectivity index (χ0) is 29.9. The maximum atomic E-state index is 13.6. The Balaban J connectivity index is 1.58. The number of halogens is 3. The predicted molar refractivity (Wildman–Crippen MR) is 158 cm³/mol. The van der Waals surface area contributed by atoms with Crippen LogP contribution in [0.5, 0.6) is 5.75 Å². The second kappa shape index (κ2) is 12.2. The molecule has 1 heterocycles. The number of alkyl halides is 3. The van der Waals surface area contributed by atoms with Crippen molar-refractivity contribution in [2.75, 3.05) is 51.3 Å². The lowest BCUT2D eigenvalue weighted by Gasteiger charge is -2.33. The maximum absolute atomic E-state index is 13.6. The first-order chi connectivity index (χ1) is 19.2. The van der Waals surface area contributed by atoms with Gasteiger partial charge in [0.05, 0.1) is 21.8 Å². The number of fused-ring (bicyclic) bond motifs is 1. The van der Waals surface area contributed by atoms with E-state index in [1.54, 1.807) is 43.3 Å². The van der Waals surface area contributed by atoms with Crippen molar-refractivity contribution in [1.29, 1.82) is 0 Å². The van der Waals surface area contributed by atoms with Gasteiger partial charge < -0.3 is 24.4 Å². The fourth-order valence-electron chi connectivity index (χ4n) is 5.26. The molecule has 11 heteroatoms. The Kier molecular flexibility index (Phi) is 9.14. The quantitative estimate of drug-likeness (QED) is 0.355. The summed E-state index contributed by atoms with van der Waals surface area (Å²) in [5.41, 5.74) is 2.06. The van der Waals surface area contributed by atoms with Crippen LogP contribution in [0.1, 0.15) is 31.4 Å². The van der Waals surface area contributed by atoms with Gasteiger partial charge in [0.15, 0.2) is 9.84 Å². The highest BCUT2D eigenvalue weighted by atomic mass is 32.2. The normalized spacial score (nSPS) is 17.8. The van der Waals surface area contributed by atoms with Gasteiger partial charge in [-0.3, -0.25) is 0 Å². The van der Waals surface area contributed by atoms with E-state index in [0.29, 0.717) is 28.4 Å². The Labute approximate surface area is 240 Å². The molecule has 3 aromatic rings. The topological polar surface area (TPSA) is 66.8 Å². The lowest BCUT2D eigenvalue weighted by Crippen LogP contribution is -2.36. The van der Waals surface area contributed by atoms with Gasteiger partial charge in [-0.1, -0.05) is 12.0 Å². The molecular formula is C30H37F3N4O3S. The average molecular weight is 591 g/mol. The minimum atomic E-state index is -4.42. The SMILES string of the molecule is CN(C)c1cc(S(C)(=O)=O)ccc1OCC#Cc1cc2c(N[C@H]3CC[C@H](N(C)C)CC3)cccc2n1CC(F)(F)F. The summed E-state index contributed by atoms with van der Waals surface area (Å²) in [4.78, 5) is 4.13. The molecule has 1 fully saturated rings. The van der Waals surface area contributed by atoms with Gasteiger partial charge in [-0.2, -0.15) is 13.2 Å². The summed E-state index contributed by atoms with van der Waals surface area (Å²) in [7, 11) is 4.30. The van der Waals surface area contributed by atoms with Gasteiger partial charge in [-0.25, -0.2) is 8.42 Å². The van der Waals surface area contributed by atoms with Crippen LogP contribution < -0.4 is 15.0 Å². The van der Waals surface area contributed by atoms with Crippen molar-refractivity contribution in [3.63, 3.8) is 0 Å². The van der Waals surface area contributed by atoms with Crippen molar-refractivity contribution < 1.29 is 26.3 Å². The van der Waals surface area contributed by atoms with Gasteiger partial charge in [0.2, 0.25) is 0 Å². The van der Waals surface area contributed by atoms with Crippen LogP contribution in [0, 0.1) is 11.8 Å². The molecular weight excluding hydrogens is 553 g/mol. The number of nitrogens with one attached hydrogen (secondary N) is 1. The first kappa shape index (κ1) is 30.6. The van der Waals surface area contributed by atoms with Crippen molar-refractivity contribution >= 4 is 32.1 Å². The Morgan fingerprint density at radius 2 is 1.76 bits per heavy atom. The van der Waals surface area contributed by atoms with Crippen molar-refractivity contribution in [3.8, 4) is 17.6 Å². The van der Waals surface area contributed by atoms with Gasteiger partial charge in [-0.05, 0) is 82.1 Å². The summed E-state index contributed by atoms with van der Waals surface area (Å²) in [6.07, 6.45) is 0.830. The number of nitrogens with zero attached hydrogens (tertiary/aromatic N) is 3. The highest BCUT2D eigenvalue weighted by Crippen LogP contribution is 2.33. The van der Waals surface area contributed by atoms with Gasteiger partial charge in [0.25, 0.3) is 0 Å². The number of aromatic nitrogens is 1. The summed E-state index contributed by atoms with van der Waals surface area (Å²) < 4.78 is 71.6. The predicted octanol–water partition coefficient (Wildman–Crippen LogP) is 5.39. The molecule has 0 atom stereocenters. The van der Waals surface area contributed by atoms with Gasteiger partial charge in [-0.15, -0.1) is 0 Å². The third-order valence-electron chi connectivity index (χ3n) is 7.43. The van der Waals surface area contributed by atoms with Crippen LogP contribution in [0.15, 0.2) is 47.4 Å². The van der Waals surface area contributed by atoms with Gasteiger partial charge >= 0.3 is 6.18 Å². The van der Waals surface area contributed by atoms with E-state index in [0.717, 1.165) is 37.6 Å². The Bertz CT molecular complexity index is 1540. The number of ether oxygens (including phenoxy) is 1. The maximum Gasteiger partial charge on any atom is 0.406 e. The third-order valence-corrected chi connectivity index (χ3v) is 8.54. The Morgan fingerprint density at radius 3 is 2.37 bits per heavy atom. The summed E-state index contributed by atoms with van der Waals surface area (Å²) in [6.45, 7) is -1.25. The van der Waals surface area contributed by atoms with Crippen molar-refractivity contribution in [1.82, 2.24) is 9.47 Å². The van der Waals surface area contributed by atoms with Crippen molar-refractivity contribution in [2.24, 2.45) is 0 Å². The summed E-state index contributed by atoms with van der Waals surface area (Å²) in [6, 6.07) is 12.4. The standard InChI is InChI=1S/C30H37F3N4O3S/c1-35(2)22-13-11-21(12-14-22)34-26-9-6-10-27-25(26)18-23(37(27)20-30(31,32)33)8-7-17-40-29-16-15-24(41(5,38)39)19-28(29)36(3)4/h6,9-10,15-16,18-19,21-22,34H,11-14,17,20H2,1-5H3/t21-,22-. The molecule has 0 bridgehead atoms. The lowest BCUT2D eigenvalue weighted by molar-refractivity contribution is -0.140. The highest BCUT2D eigenvalue weighted by molar-refractivity contribution is 7.90. The van der Waals surface area contributed by atoms with E-state index in [4.69, 9.17) is 4.74 Å². The average Bonchev–Trinajstić information content (AvgIpc) is 3.23. The van der Waals surface area contributed by atoms with Gasteiger partial charge in [0.1, 0.15) is 18.9 Å². The number of sulfone groups is 1. The minimum absolute atomic E-state index is 0.0904. The molecule has 4 rings (SSSR count). The molecule has 0 spiro atoms. The van der Waals surface area contributed by atoms with E-state index in [9.17, 15) is 21.6 Å². The highest BCUT2D eigenvalue weighted by Gasteiger charge is 2.30. The van der Waals surface area contributed by atoms with Crippen LogP contribution >= 0.6 is 0 Å². The molecule has 2 aromatic carbocycles. The fourth-order valence-corrected chi connectivity index (χ4v) is 5.90. The summed E-state index contributed by atoms with van der Waals surface area (Å²) in [5.74, 6) is 6.14. The monoisotopic (exact) mass is 590 g/mol. The second-order valence-electron chi connectivity index (χ2n) is 11.0. The Hall–Kier alpha value is -3.36. The molecule has 0 saturated heterocycles. The molecule has 0 radical (unpaired) electrons. The van der Waals surface area contributed by atoms with Crippen molar-refractivity contribution in [3.05, 3.63) is 48.2 Å². The molecule has 222 valence electrons. The van der Waals surface area contributed by atoms with Crippen LogP contribution in [0.3, 0.4) is 0 Å². The van der Waals surface area contributed by atoms with E-state index in [1.165, 1.54) is 16.7 Å². The molecule has 0 amide bonds. The van der Waals surface area contributed by atoms with E-state index in [-0.39, 0.29) is 23.2 Å². The van der Waals surface area contributed by atoms with Crippen LogP contribution in [-0.2, 0) is 16.4 Å². The van der Waals surface area contributed by atoms with E-state index >= 15 is 0 Å². The van der Waals surface area contributed by atoms with Crippen LogP contribution in [-0.4, -0.2) is 77.2 Å².